The smallest absolute Gasteiger partial charge is 0.190 e. The number of halogens is 1. The van der Waals surface area contributed by atoms with Gasteiger partial charge in [-0.25, -0.2) is 9.97 Å². The topological polar surface area (TPSA) is 25.8 Å². The highest BCUT2D eigenvalue weighted by Gasteiger charge is 2.09. The van der Waals surface area contributed by atoms with Gasteiger partial charge in [-0.3, -0.25) is 0 Å². The Balaban J connectivity index is 2.40. The fraction of sp³-hybridized carbons (Fsp3) is 0.455. The Morgan fingerprint density at radius 2 is 2.19 bits per heavy atom. The number of hydrogen-bond donors (Lipinski definition) is 0. The number of hydrogen-bond acceptors (Lipinski definition) is 4. The monoisotopic (exact) mass is 272 g/mol. The van der Waals surface area contributed by atoms with Crippen molar-refractivity contribution in [1.82, 2.24) is 9.97 Å². The van der Waals surface area contributed by atoms with Crippen molar-refractivity contribution in [2.24, 2.45) is 0 Å². The summed E-state index contributed by atoms with van der Waals surface area (Å²) in [6.07, 6.45) is 2.14. The van der Waals surface area contributed by atoms with Crippen LogP contribution >= 0.6 is 34.7 Å². The van der Waals surface area contributed by atoms with E-state index in [4.69, 9.17) is 11.6 Å². The van der Waals surface area contributed by atoms with Crippen molar-refractivity contribution >= 4 is 44.9 Å². The normalized spacial score (nSPS) is 11.2. The van der Waals surface area contributed by atoms with Gasteiger partial charge in [-0.1, -0.05) is 37.2 Å². The van der Waals surface area contributed by atoms with Crippen LogP contribution in [0.1, 0.15) is 25.1 Å². The largest absolute Gasteiger partial charge is 0.211 e. The van der Waals surface area contributed by atoms with Crippen LogP contribution < -0.4 is 0 Å². The summed E-state index contributed by atoms with van der Waals surface area (Å²) in [7, 11) is 0. The molecule has 0 unspecified atom stereocenters. The lowest BCUT2D eigenvalue weighted by atomic mass is 10.3. The summed E-state index contributed by atoms with van der Waals surface area (Å²) in [6.45, 7) is 4.28. The van der Waals surface area contributed by atoms with Crippen molar-refractivity contribution in [3.63, 3.8) is 0 Å². The van der Waals surface area contributed by atoms with E-state index in [1.54, 1.807) is 23.1 Å². The molecule has 0 aliphatic rings. The molecule has 0 aliphatic carbocycles. The molecule has 0 spiro atoms. The first-order valence-corrected chi connectivity index (χ1v) is 7.51. The second-order valence-corrected chi connectivity index (χ2v) is 5.97. The molecule has 2 aromatic rings. The highest BCUT2D eigenvalue weighted by Crippen LogP contribution is 2.31. The molecule has 0 radical (unpaired) electrons. The fourth-order valence-corrected chi connectivity index (χ4v) is 3.40. The molecule has 0 aromatic carbocycles. The highest BCUT2D eigenvalue weighted by molar-refractivity contribution is 7.99. The molecule has 0 atom stereocenters. The molecule has 2 rings (SSSR count). The van der Waals surface area contributed by atoms with Crippen LogP contribution in [0.5, 0.6) is 0 Å². The quantitative estimate of drug-likeness (QED) is 0.468. The minimum atomic E-state index is 0.583. The van der Waals surface area contributed by atoms with E-state index in [9.17, 15) is 0 Å². The summed E-state index contributed by atoms with van der Waals surface area (Å²) in [5, 5.41) is 2.37. The molecule has 2 heterocycles. The van der Waals surface area contributed by atoms with Crippen LogP contribution in [0.25, 0.3) is 10.2 Å². The molecule has 16 heavy (non-hydrogen) atoms. The van der Waals surface area contributed by atoms with Gasteiger partial charge >= 0.3 is 0 Å². The lowest BCUT2D eigenvalue weighted by Crippen LogP contribution is -1.88. The van der Waals surface area contributed by atoms with Gasteiger partial charge in [0.25, 0.3) is 0 Å². The zero-order valence-electron chi connectivity index (χ0n) is 9.29. The molecule has 0 saturated heterocycles. The Kier molecular flexibility index (Phi) is 4.05. The molecule has 86 valence electrons. The lowest BCUT2D eigenvalue weighted by Gasteiger charge is -1.99. The Hall–Kier alpha value is -0.320. The van der Waals surface area contributed by atoms with Crippen LogP contribution in [0.4, 0.5) is 0 Å². The van der Waals surface area contributed by atoms with Gasteiger partial charge in [0.15, 0.2) is 5.16 Å². The van der Waals surface area contributed by atoms with Crippen molar-refractivity contribution in [2.75, 3.05) is 5.75 Å². The zero-order valence-corrected chi connectivity index (χ0v) is 11.7. The maximum absolute atomic E-state index is 6.15. The molecular weight excluding hydrogens is 260 g/mol. The molecule has 5 heteroatoms. The summed E-state index contributed by atoms with van der Waals surface area (Å²) >= 11 is 9.53. The third-order valence-corrected chi connectivity index (χ3v) is 4.68. The number of thiophene rings is 1. The maximum Gasteiger partial charge on any atom is 0.190 e. The molecule has 0 saturated carbocycles. The number of aryl methyl sites for hydroxylation is 1. The van der Waals surface area contributed by atoms with E-state index in [0.29, 0.717) is 5.15 Å². The van der Waals surface area contributed by atoms with E-state index in [1.807, 2.05) is 0 Å². The number of thioether (sulfide) groups is 1. The van der Waals surface area contributed by atoms with Crippen molar-refractivity contribution in [2.45, 2.75) is 31.8 Å². The standard InChI is InChI=1S/C11H13ClN2S2/c1-3-5-15-11-13-9(12)8-6-7(4-2)16-10(8)14-11/h6H,3-5H2,1-2H3. The summed E-state index contributed by atoms with van der Waals surface area (Å²) in [6, 6.07) is 2.09. The third-order valence-electron chi connectivity index (χ3n) is 2.16. The zero-order chi connectivity index (χ0) is 11.5. The summed E-state index contributed by atoms with van der Waals surface area (Å²) in [4.78, 5) is 11.2. The average Bonchev–Trinajstić information content (AvgIpc) is 2.70. The van der Waals surface area contributed by atoms with Crippen molar-refractivity contribution in [1.29, 1.82) is 0 Å². The van der Waals surface area contributed by atoms with Crippen LogP contribution in [-0.2, 0) is 6.42 Å². The summed E-state index contributed by atoms with van der Waals surface area (Å²) < 4.78 is 0. The van der Waals surface area contributed by atoms with E-state index >= 15 is 0 Å². The van der Waals surface area contributed by atoms with E-state index in [1.165, 1.54) is 4.88 Å². The van der Waals surface area contributed by atoms with Gasteiger partial charge in [0, 0.05) is 16.0 Å². The van der Waals surface area contributed by atoms with E-state index in [0.717, 1.165) is 34.0 Å². The first kappa shape index (κ1) is 12.1. The van der Waals surface area contributed by atoms with Crippen LogP contribution in [0, 0.1) is 0 Å². The third kappa shape index (κ3) is 2.50. The molecule has 0 N–H and O–H groups in total. The minimum Gasteiger partial charge on any atom is -0.211 e. The van der Waals surface area contributed by atoms with Gasteiger partial charge in [-0.15, -0.1) is 11.3 Å². The van der Waals surface area contributed by atoms with E-state index < -0.39 is 0 Å². The molecule has 2 aromatic heterocycles. The van der Waals surface area contributed by atoms with Crippen molar-refractivity contribution in [3.8, 4) is 0 Å². The van der Waals surface area contributed by atoms with Gasteiger partial charge in [-0.05, 0) is 18.9 Å². The van der Waals surface area contributed by atoms with Crippen molar-refractivity contribution < 1.29 is 0 Å². The number of fused-ring (bicyclic) bond motifs is 1. The first-order chi connectivity index (χ1) is 7.74. The Morgan fingerprint density at radius 1 is 1.38 bits per heavy atom. The van der Waals surface area contributed by atoms with Gasteiger partial charge in [0.05, 0.1) is 0 Å². The number of aromatic nitrogens is 2. The second kappa shape index (κ2) is 5.34. The predicted molar refractivity (Wildman–Crippen MR) is 72.8 cm³/mol. The summed E-state index contributed by atoms with van der Waals surface area (Å²) in [5.74, 6) is 1.04. The van der Waals surface area contributed by atoms with Gasteiger partial charge in [0.2, 0.25) is 0 Å². The Morgan fingerprint density at radius 3 is 2.88 bits per heavy atom. The molecule has 0 aliphatic heterocycles. The maximum atomic E-state index is 6.15. The fourth-order valence-electron chi connectivity index (χ4n) is 1.35. The number of rotatable bonds is 4. The van der Waals surface area contributed by atoms with E-state index in [2.05, 4.69) is 29.9 Å². The SMILES string of the molecule is CCCSc1nc(Cl)c2cc(CC)sc2n1. The van der Waals surface area contributed by atoms with Gasteiger partial charge in [-0.2, -0.15) is 0 Å². The molecule has 2 nitrogen and oxygen atoms in total. The van der Waals surface area contributed by atoms with Crippen LogP contribution in [0.15, 0.2) is 11.2 Å². The van der Waals surface area contributed by atoms with Crippen molar-refractivity contribution in [3.05, 3.63) is 16.1 Å². The van der Waals surface area contributed by atoms with E-state index in [-0.39, 0.29) is 0 Å². The average molecular weight is 273 g/mol. The van der Waals surface area contributed by atoms with Crippen LogP contribution in [-0.4, -0.2) is 15.7 Å². The molecule has 0 fully saturated rings. The van der Waals surface area contributed by atoms with Crippen LogP contribution in [0.3, 0.4) is 0 Å². The Bertz CT molecular complexity index is 496. The Labute approximate surface area is 108 Å². The van der Waals surface area contributed by atoms with Gasteiger partial charge in [0.1, 0.15) is 9.98 Å². The molecule has 0 amide bonds. The first-order valence-electron chi connectivity index (χ1n) is 5.33. The predicted octanol–water partition coefficient (Wildman–Crippen LogP) is 4.41. The lowest BCUT2D eigenvalue weighted by molar-refractivity contribution is 1.00. The molecular formula is C11H13ClN2S2. The molecule has 0 bridgehead atoms. The van der Waals surface area contributed by atoms with Crippen LogP contribution in [0.2, 0.25) is 5.15 Å². The minimum absolute atomic E-state index is 0.583. The second-order valence-electron chi connectivity index (χ2n) is 3.43. The van der Waals surface area contributed by atoms with Gasteiger partial charge < -0.3 is 0 Å². The number of nitrogens with zero attached hydrogens (tertiary/aromatic N) is 2. The summed E-state index contributed by atoms with van der Waals surface area (Å²) in [5.41, 5.74) is 0. The highest BCUT2D eigenvalue weighted by atomic mass is 35.5.